The number of carbonyl (C=O) groups excluding carboxylic acids is 1. The second-order valence-corrected chi connectivity index (χ2v) is 6.81. The fourth-order valence-electron chi connectivity index (χ4n) is 2.84. The molecule has 7 heteroatoms. The lowest BCUT2D eigenvalue weighted by Gasteiger charge is -2.32. The van der Waals surface area contributed by atoms with Gasteiger partial charge in [0.25, 0.3) is 0 Å². The van der Waals surface area contributed by atoms with E-state index in [0.29, 0.717) is 36.0 Å². The Kier molecular flexibility index (Phi) is 5.29. The second-order valence-electron chi connectivity index (χ2n) is 5.89. The van der Waals surface area contributed by atoms with E-state index in [1.54, 1.807) is 24.4 Å². The fourth-order valence-corrected chi connectivity index (χ4v) is 3.17. The van der Waals surface area contributed by atoms with Crippen LogP contribution < -0.4 is 10.2 Å². The number of carbonyl (C=O) groups is 1. The van der Waals surface area contributed by atoms with Crippen LogP contribution in [0.1, 0.15) is 18.4 Å². The number of halogens is 2. The number of rotatable bonds is 3. The molecular formula is C18H16BrFN4O. The third-order valence-electron chi connectivity index (χ3n) is 4.26. The molecule has 1 aliphatic heterocycles. The van der Waals surface area contributed by atoms with Crippen LogP contribution in [0.2, 0.25) is 0 Å². The van der Waals surface area contributed by atoms with Gasteiger partial charge in [0.05, 0.1) is 11.3 Å². The van der Waals surface area contributed by atoms with Gasteiger partial charge in [0, 0.05) is 29.7 Å². The Morgan fingerprint density at radius 3 is 2.68 bits per heavy atom. The van der Waals surface area contributed by atoms with E-state index in [1.807, 2.05) is 12.1 Å². The second kappa shape index (κ2) is 7.62. The maximum absolute atomic E-state index is 13.8. The summed E-state index contributed by atoms with van der Waals surface area (Å²) in [5, 5.41) is 11.5. The van der Waals surface area contributed by atoms with Crippen molar-refractivity contribution in [1.29, 1.82) is 5.26 Å². The number of hydrogen-bond donors (Lipinski definition) is 1. The molecule has 1 aliphatic rings. The standard InChI is InChI=1S/C18H16BrFN4O/c19-14-2-3-16(15(20)9-14)23-18(25)13-5-7-24(8-6-13)17-4-1-12(10-21)11-22-17/h1-4,9,11,13H,5-8H2,(H,23,25). The first-order valence-electron chi connectivity index (χ1n) is 7.94. The molecule has 0 bridgehead atoms. The summed E-state index contributed by atoms with van der Waals surface area (Å²) in [4.78, 5) is 18.7. The van der Waals surface area contributed by atoms with Crippen LogP contribution >= 0.6 is 15.9 Å². The molecule has 2 aromatic rings. The molecule has 1 aromatic carbocycles. The summed E-state index contributed by atoms with van der Waals surface area (Å²) < 4.78 is 14.5. The van der Waals surface area contributed by atoms with Gasteiger partial charge in [-0.05, 0) is 43.2 Å². The minimum absolute atomic E-state index is 0.155. The number of anilines is 2. The zero-order valence-electron chi connectivity index (χ0n) is 13.4. The van der Waals surface area contributed by atoms with Crippen molar-refractivity contribution in [3.8, 4) is 6.07 Å². The van der Waals surface area contributed by atoms with Crippen molar-refractivity contribution in [2.45, 2.75) is 12.8 Å². The molecule has 3 rings (SSSR count). The van der Waals surface area contributed by atoms with E-state index in [9.17, 15) is 9.18 Å². The molecule has 1 aromatic heterocycles. The molecule has 1 amide bonds. The van der Waals surface area contributed by atoms with Crippen molar-refractivity contribution in [1.82, 2.24) is 4.98 Å². The Morgan fingerprint density at radius 1 is 1.32 bits per heavy atom. The van der Waals surface area contributed by atoms with Gasteiger partial charge >= 0.3 is 0 Å². The van der Waals surface area contributed by atoms with Gasteiger partial charge in [-0.3, -0.25) is 4.79 Å². The molecule has 0 aliphatic carbocycles. The maximum Gasteiger partial charge on any atom is 0.227 e. The normalized spacial score (nSPS) is 14.8. The molecule has 128 valence electrons. The number of nitrogens with zero attached hydrogens (tertiary/aromatic N) is 3. The largest absolute Gasteiger partial charge is 0.357 e. The molecule has 1 saturated heterocycles. The van der Waals surface area contributed by atoms with Crippen LogP contribution in [0.5, 0.6) is 0 Å². The van der Waals surface area contributed by atoms with Crippen molar-refractivity contribution in [3.63, 3.8) is 0 Å². The van der Waals surface area contributed by atoms with Crippen LogP contribution in [0.3, 0.4) is 0 Å². The van der Waals surface area contributed by atoms with E-state index in [1.165, 1.54) is 6.07 Å². The van der Waals surface area contributed by atoms with Gasteiger partial charge in [0.2, 0.25) is 5.91 Å². The number of benzene rings is 1. The summed E-state index contributed by atoms with van der Waals surface area (Å²) in [5.74, 6) is 0.0325. The number of pyridine rings is 1. The lowest BCUT2D eigenvalue weighted by molar-refractivity contribution is -0.120. The molecule has 1 fully saturated rings. The third-order valence-corrected chi connectivity index (χ3v) is 4.75. The van der Waals surface area contributed by atoms with Gasteiger partial charge in [-0.1, -0.05) is 15.9 Å². The lowest BCUT2D eigenvalue weighted by atomic mass is 9.95. The third kappa shape index (κ3) is 4.15. The molecular weight excluding hydrogens is 387 g/mol. The predicted molar refractivity (Wildman–Crippen MR) is 96.6 cm³/mol. The first-order valence-corrected chi connectivity index (χ1v) is 8.73. The topological polar surface area (TPSA) is 69.0 Å². The quantitative estimate of drug-likeness (QED) is 0.849. The van der Waals surface area contributed by atoms with Gasteiger partial charge in [-0.15, -0.1) is 0 Å². The van der Waals surface area contributed by atoms with Crippen molar-refractivity contribution < 1.29 is 9.18 Å². The maximum atomic E-state index is 13.8. The lowest BCUT2D eigenvalue weighted by Crippen LogP contribution is -2.38. The Morgan fingerprint density at radius 2 is 2.08 bits per heavy atom. The van der Waals surface area contributed by atoms with Crippen molar-refractivity contribution in [2.24, 2.45) is 5.92 Å². The van der Waals surface area contributed by atoms with E-state index in [2.05, 4.69) is 31.1 Å². The number of piperidine rings is 1. The highest BCUT2D eigenvalue weighted by Gasteiger charge is 2.26. The summed E-state index contributed by atoms with van der Waals surface area (Å²) >= 11 is 3.19. The van der Waals surface area contributed by atoms with Crippen LogP contribution in [0.15, 0.2) is 41.0 Å². The Bertz CT molecular complexity index is 811. The zero-order valence-corrected chi connectivity index (χ0v) is 15.0. The van der Waals surface area contributed by atoms with Crippen molar-refractivity contribution in [2.75, 3.05) is 23.3 Å². The fraction of sp³-hybridized carbons (Fsp3) is 0.278. The van der Waals surface area contributed by atoms with Crippen molar-refractivity contribution >= 4 is 33.3 Å². The van der Waals surface area contributed by atoms with Gasteiger partial charge in [-0.25, -0.2) is 9.37 Å². The average Bonchev–Trinajstić information content (AvgIpc) is 2.64. The summed E-state index contributed by atoms with van der Waals surface area (Å²) in [6.45, 7) is 1.39. The van der Waals surface area contributed by atoms with E-state index >= 15 is 0 Å². The minimum Gasteiger partial charge on any atom is -0.357 e. The van der Waals surface area contributed by atoms with Crippen LogP contribution in [-0.2, 0) is 4.79 Å². The van der Waals surface area contributed by atoms with Gasteiger partial charge in [0.15, 0.2) is 0 Å². The molecule has 2 heterocycles. The summed E-state index contributed by atoms with van der Waals surface area (Å²) in [7, 11) is 0. The summed E-state index contributed by atoms with van der Waals surface area (Å²) in [6.07, 6.45) is 2.89. The molecule has 0 saturated carbocycles. The number of hydrogen-bond acceptors (Lipinski definition) is 4. The van der Waals surface area contributed by atoms with Crippen LogP contribution in [0.25, 0.3) is 0 Å². The van der Waals surface area contributed by atoms with Crippen LogP contribution in [0.4, 0.5) is 15.9 Å². The Labute approximate surface area is 153 Å². The smallest absolute Gasteiger partial charge is 0.227 e. The first-order chi connectivity index (χ1) is 12.1. The predicted octanol–water partition coefficient (Wildman–Crippen LogP) is 3.71. The van der Waals surface area contributed by atoms with Crippen LogP contribution in [-0.4, -0.2) is 24.0 Å². The summed E-state index contributed by atoms with van der Waals surface area (Å²) in [6, 6.07) is 10.2. The van der Waals surface area contributed by atoms with Crippen LogP contribution in [0, 0.1) is 23.1 Å². The number of nitrogens with one attached hydrogen (secondary N) is 1. The molecule has 1 N–H and O–H groups in total. The molecule has 0 spiro atoms. The van der Waals surface area contributed by atoms with Crippen molar-refractivity contribution in [3.05, 3.63) is 52.4 Å². The first kappa shape index (κ1) is 17.4. The molecule has 0 atom stereocenters. The molecule has 25 heavy (non-hydrogen) atoms. The highest BCUT2D eigenvalue weighted by molar-refractivity contribution is 9.10. The molecule has 5 nitrogen and oxygen atoms in total. The highest BCUT2D eigenvalue weighted by atomic mass is 79.9. The zero-order chi connectivity index (χ0) is 17.8. The van der Waals surface area contributed by atoms with E-state index < -0.39 is 5.82 Å². The van der Waals surface area contributed by atoms with Gasteiger partial charge < -0.3 is 10.2 Å². The molecule has 0 unspecified atom stereocenters. The number of nitriles is 1. The van der Waals surface area contributed by atoms with E-state index in [-0.39, 0.29) is 17.5 Å². The van der Waals surface area contributed by atoms with Gasteiger partial charge in [0.1, 0.15) is 17.7 Å². The molecule has 0 radical (unpaired) electrons. The SMILES string of the molecule is N#Cc1ccc(N2CCC(C(=O)Nc3ccc(Br)cc3F)CC2)nc1. The monoisotopic (exact) mass is 402 g/mol. The minimum atomic E-state index is -0.457. The average molecular weight is 403 g/mol. The number of amides is 1. The summed E-state index contributed by atoms with van der Waals surface area (Å²) in [5.41, 5.74) is 0.721. The Balaban J connectivity index is 1.57. The number of aromatic nitrogens is 1. The highest BCUT2D eigenvalue weighted by Crippen LogP contribution is 2.25. The Hall–Kier alpha value is -2.46. The van der Waals surface area contributed by atoms with E-state index in [0.717, 1.165) is 5.82 Å². The van der Waals surface area contributed by atoms with Gasteiger partial charge in [-0.2, -0.15) is 5.26 Å². The van der Waals surface area contributed by atoms with E-state index in [4.69, 9.17) is 5.26 Å².